The highest BCUT2D eigenvalue weighted by molar-refractivity contribution is 5.37. The topological polar surface area (TPSA) is 30.5 Å². The zero-order valence-electron chi connectivity index (χ0n) is 13.9. The van der Waals surface area contributed by atoms with E-state index in [2.05, 4.69) is 38.2 Å². The Morgan fingerprint density at radius 3 is 2.62 bits per heavy atom. The van der Waals surface area contributed by atoms with Crippen LogP contribution in [0.3, 0.4) is 0 Å². The number of hydrogen-bond acceptors (Lipinski definition) is 3. The zero-order valence-corrected chi connectivity index (χ0v) is 13.9. The highest BCUT2D eigenvalue weighted by Crippen LogP contribution is 2.24. The van der Waals surface area contributed by atoms with Crippen LogP contribution < -0.4 is 10.1 Å². The Balaban J connectivity index is 1.86. The lowest BCUT2D eigenvalue weighted by molar-refractivity contribution is 0.0947. The summed E-state index contributed by atoms with van der Waals surface area (Å²) in [6.07, 6.45) is 3.70. The molecule has 1 fully saturated rings. The molecule has 0 radical (unpaired) electrons. The zero-order chi connectivity index (χ0) is 15.3. The maximum atomic E-state index is 5.83. The van der Waals surface area contributed by atoms with E-state index >= 15 is 0 Å². The molecule has 118 valence electrons. The number of ether oxygens (including phenoxy) is 2. The molecule has 3 nitrogen and oxygen atoms in total. The van der Waals surface area contributed by atoms with Crippen molar-refractivity contribution in [1.29, 1.82) is 0 Å². The summed E-state index contributed by atoms with van der Waals surface area (Å²) < 4.78 is 11.3. The van der Waals surface area contributed by atoms with Crippen molar-refractivity contribution in [2.45, 2.75) is 59.2 Å². The van der Waals surface area contributed by atoms with Crippen LogP contribution in [0.5, 0.6) is 5.75 Å². The highest BCUT2D eigenvalue weighted by atomic mass is 16.5. The molecule has 0 bridgehead atoms. The predicted octanol–water partition coefficient (Wildman–Crippen LogP) is 3.90. The van der Waals surface area contributed by atoms with E-state index in [1.54, 1.807) is 7.11 Å². The normalized spacial score (nSPS) is 15.2. The number of rotatable bonds is 8. The van der Waals surface area contributed by atoms with Crippen molar-refractivity contribution >= 4 is 0 Å². The maximum absolute atomic E-state index is 5.83. The summed E-state index contributed by atoms with van der Waals surface area (Å²) in [5, 5.41) is 3.54. The van der Waals surface area contributed by atoms with Crippen LogP contribution in [0.1, 0.15) is 51.2 Å². The molecule has 0 atom stereocenters. The number of methoxy groups -OCH3 is 1. The average molecular weight is 291 g/mol. The monoisotopic (exact) mass is 291 g/mol. The Labute approximate surface area is 129 Å². The van der Waals surface area contributed by atoms with Crippen molar-refractivity contribution in [2.24, 2.45) is 5.41 Å². The van der Waals surface area contributed by atoms with Gasteiger partial charge in [-0.15, -0.1) is 0 Å². The molecule has 1 aromatic rings. The molecule has 0 amide bonds. The summed E-state index contributed by atoms with van der Waals surface area (Å²) in [6.45, 7) is 9.06. The second-order valence-electron chi connectivity index (χ2n) is 7.16. The first kappa shape index (κ1) is 16.3. The van der Waals surface area contributed by atoms with Crippen molar-refractivity contribution in [3.63, 3.8) is 0 Å². The van der Waals surface area contributed by atoms with Gasteiger partial charge in [0.1, 0.15) is 5.75 Å². The predicted molar refractivity (Wildman–Crippen MR) is 86.6 cm³/mol. The van der Waals surface area contributed by atoms with Crippen LogP contribution in [0.15, 0.2) is 18.2 Å². The molecule has 0 aromatic heterocycles. The van der Waals surface area contributed by atoms with Crippen LogP contribution in [-0.2, 0) is 17.9 Å². The summed E-state index contributed by atoms with van der Waals surface area (Å²) in [5.41, 5.74) is 2.76. The van der Waals surface area contributed by atoms with Crippen LogP contribution >= 0.6 is 0 Å². The van der Waals surface area contributed by atoms with Gasteiger partial charge in [-0.3, -0.25) is 0 Å². The van der Waals surface area contributed by atoms with Crippen LogP contribution in [-0.4, -0.2) is 19.8 Å². The summed E-state index contributed by atoms with van der Waals surface area (Å²) >= 11 is 0. The minimum atomic E-state index is 0.320. The molecule has 1 N–H and O–H groups in total. The lowest BCUT2D eigenvalue weighted by Gasteiger charge is -2.18. The molecule has 3 heteroatoms. The third-order valence-corrected chi connectivity index (χ3v) is 3.77. The Hall–Kier alpha value is -1.06. The fourth-order valence-electron chi connectivity index (χ4n) is 2.16. The van der Waals surface area contributed by atoms with Crippen LogP contribution in [0, 0.1) is 5.41 Å². The maximum Gasteiger partial charge on any atom is 0.124 e. The second kappa shape index (κ2) is 7.28. The molecule has 1 saturated carbocycles. The Morgan fingerprint density at radius 1 is 1.24 bits per heavy atom. The van der Waals surface area contributed by atoms with Gasteiger partial charge in [0.2, 0.25) is 0 Å². The van der Waals surface area contributed by atoms with Gasteiger partial charge in [-0.25, -0.2) is 0 Å². The summed E-state index contributed by atoms with van der Waals surface area (Å²) in [7, 11) is 1.72. The SMILES string of the molecule is COc1ccc(CNC2CC2)cc1COCCC(C)(C)C. The summed E-state index contributed by atoms with van der Waals surface area (Å²) in [5.74, 6) is 0.918. The van der Waals surface area contributed by atoms with E-state index in [4.69, 9.17) is 9.47 Å². The standard InChI is InChI=1S/C18H29NO2/c1-18(2,3)9-10-21-13-15-11-14(5-8-17(15)20-4)12-19-16-6-7-16/h5,8,11,16,19H,6-7,9-10,12-13H2,1-4H3. The van der Waals surface area contributed by atoms with Gasteiger partial charge in [-0.2, -0.15) is 0 Å². The first-order valence-corrected chi connectivity index (χ1v) is 7.95. The van der Waals surface area contributed by atoms with Gasteiger partial charge in [0, 0.05) is 24.8 Å². The molecule has 0 saturated heterocycles. The summed E-state index contributed by atoms with van der Waals surface area (Å²) in [6, 6.07) is 7.11. The molecule has 0 spiro atoms. The molecule has 1 aromatic carbocycles. The lowest BCUT2D eigenvalue weighted by Crippen LogP contribution is -2.15. The van der Waals surface area contributed by atoms with Crippen molar-refractivity contribution in [2.75, 3.05) is 13.7 Å². The quantitative estimate of drug-likeness (QED) is 0.737. The fraction of sp³-hybridized carbons (Fsp3) is 0.667. The van der Waals surface area contributed by atoms with E-state index in [-0.39, 0.29) is 0 Å². The molecule has 1 aliphatic rings. The lowest BCUT2D eigenvalue weighted by atomic mass is 9.93. The largest absolute Gasteiger partial charge is 0.496 e. The van der Waals surface area contributed by atoms with E-state index < -0.39 is 0 Å². The Bertz CT molecular complexity index is 447. The molecule has 0 unspecified atom stereocenters. The summed E-state index contributed by atoms with van der Waals surface area (Å²) in [4.78, 5) is 0. The third-order valence-electron chi connectivity index (χ3n) is 3.77. The highest BCUT2D eigenvalue weighted by Gasteiger charge is 2.20. The minimum absolute atomic E-state index is 0.320. The van der Waals surface area contributed by atoms with Gasteiger partial charge in [0.05, 0.1) is 13.7 Å². The molecule has 2 rings (SSSR count). The van der Waals surface area contributed by atoms with Crippen molar-refractivity contribution in [3.05, 3.63) is 29.3 Å². The van der Waals surface area contributed by atoms with E-state index in [0.717, 1.165) is 36.9 Å². The second-order valence-corrected chi connectivity index (χ2v) is 7.16. The molecule has 0 heterocycles. The van der Waals surface area contributed by atoms with Gasteiger partial charge in [0.15, 0.2) is 0 Å². The average Bonchev–Trinajstić information content (AvgIpc) is 3.24. The van der Waals surface area contributed by atoms with Crippen molar-refractivity contribution < 1.29 is 9.47 Å². The smallest absolute Gasteiger partial charge is 0.124 e. The van der Waals surface area contributed by atoms with E-state index in [0.29, 0.717) is 12.0 Å². The van der Waals surface area contributed by atoms with Crippen molar-refractivity contribution in [3.8, 4) is 5.75 Å². The third kappa shape index (κ3) is 6.06. The van der Waals surface area contributed by atoms with Crippen LogP contribution in [0.2, 0.25) is 0 Å². The van der Waals surface area contributed by atoms with E-state index in [1.807, 2.05) is 6.07 Å². The van der Waals surface area contributed by atoms with Crippen LogP contribution in [0.4, 0.5) is 0 Å². The molecule has 21 heavy (non-hydrogen) atoms. The molecular formula is C18H29NO2. The van der Waals surface area contributed by atoms with Gasteiger partial charge in [-0.1, -0.05) is 26.8 Å². The van der Waals surface area contributed by atoms with Gasteiger partial charge < -0.3 is 14.8 Å². The number of nitrogens with one attached hydrogen (secondary N) is 1. The van der Waals surface area contributed by atoms with Crippen molar-refractivity contribution in [1.82, 2.24) is 5.32 Å². The Morgan fingerprint density at radius 2 is 2.00 bits per heavy atom. The first-order valence-electron chi connectivity index (χ1n) is 7.95. The van der Waals surface area contributed by atoms with E-state index in [1.165, 1.54) is 18.4 Å². The Kier molecular flexibility index (Phi) is 5.65. The van der Waals surface area contributed by atoms with Gasteiger partial charge in [-0.05, 0) is 42.4 Å². The molecule has 1 aliphatic carbocycles. The van der Waals surface area contributed by atoms with Gasteiger partial charge >= 0.3 is 0 Å². The number of hydrogen-bond donors (Lipinski definition) is 1. The fourth-order valence-corrected chi connectivity index (χ4v) is 2.16. The molecule has 0 aliphatic heterocycles. The minimum Gasteiger partial charge on any atom is -0.496 e. The van der Waals surface area contributed by atoms with Crippen LogP contribution in [0.25, 0.3) is 0 Å². The van der Waals surface area contributed by atoms with E-state index in [9.17, 15) is 0 Å². The molecular weight excluding hydrogens is 262 g/mol. The van der Waals surface area contributed by atoms with Gasteiger partial charge in [0.25, 0.3) is 0 Å². The number of benzene rings is 1. The first-order chi connectivity index (χ1) is 9.98.